The van der Waals surface area contributed by atoms with Crippen LogP contribution >= 0.6 is 11.8 Å². The van der Waals surface area contributed by atoms with Crippen LogP contribution < -0.4 is 4.90 Å². The van der Waals surface area contributed by atoms with Gasteiger partial charge in [-0.1, -0.05) is 13.8 Å². The molecule has 1 amide bonds. The first kappa shape index (κ1) is 15.1. The molecule has 0 heterocycles. The standard InChI is InChI=1S/C14H21NO2S/c1-10(2)18-12-8-6-11(7-9-12)15(5)13(16)14(3,4)17/h6-10,17H,1-5H3. The number of hydrogen-bond donors (Lipinski definition) is 1. The number of carbonyl (C=O) groups is 1. The molecule has 0 spiro atoms. The van der Waals surface area contributed by atoms with Crippen molar-refractivity contribution >= 4 is 23.4 Å². The third-order valence-corrected chi connectivity index (χ3v) is 3.44. The Kier molecular flexibility index (Phi) is 4.82. The Balaban J connectivity index is 2.82. The smallest absolute Gasteiger partial charge is 0.258 e. The molecular formula is C14H21NO2S. The highest BCUT2D eigenvalue weighted by molar-refractivity contribution is 7.99. The molecule has 1 rings (SSSR count). The van der Waals surface area contributed by atoms with Gasteiger partial charge < -0.3 is 10.0 Å². The van der Waals surface area contributed by atoms with Gasteiger partial charge in [0.2, 0.25) is 0 Å². The Morgan fingerprint density at radius 1 is 1.28 bits per heavy atom. The number of amides is 1. The summed E-state index contributed by atoms with van der Waals surface area (Å²) in [6, 6.07) is 7.78. The highest BCUT2D eigenvalue weighted by atomic mass is 32.2. The number of carbonyl (C=O) groups excluding carboxylic acids is 1. The summed E-state index contributed by atoms with van der Waals surface area (Å²) in [6.07, 6.45) is 0. The Morgan fingerprint density at radius 2 is 1.78 bits per heavy atom. The molecule has 4 heteroatoms. The Hall–Kier alpha value is -1.00. The second-order valence-electron chi connectivity index (χ2n) is 5.08. The van der Waals surface area contributed by atoms with Gasteiger partial charge in [-0.15, -0.1) is 11.8 Å². The minimum atomic E-state index is -1.35. The molecule has 0 bridgehead atoms. The normalized spacial score (nSPS) is 11.7. The van der Waals surface area contributed by atoms with E-state index in [0.717, 1.165) is 5.69 Å². The zero-order chi connectivity index (χ0) is 13.9. The quantitative estimate of drug-likeness (QED) is 0.853. The van der Waals surface area contributed by atoms with E-state index in [0.29, 0.717) is 5.25 Å². The third-order valence-electron chi connectivity index (χ3n) is 2.42. The van der Waals surface area contributed by atoms with Gasteiger partial charge in [0.15, 0.2) is 0 Å². The van der Waals surface area contributed by atoms with Gasteiger partial charge >= 0.3 is 0 Å². The number of hydrogen-bond acceptors (Lipinski definition) is 3. The predicted octanol–water partition coefficient (Wildman–Crippen LogP) is 2.92. The van der Waals surface area contributed by atoms with Crippen molar-refractivity contribution in [3.63, 3.8) is 0 Å². The summed E-state index contributed by atoms with van der Waals surface area (Å²) in [5.41, 5.74) is -0.560. The molecule has 0 aliphatic carbocycles. The lowest BCUT2D eigenvalue weighted by Gasteiger charge is -2.25. The van der Waals surface area contributed by atoms with Crippen LogP contribution in [0.15, 0.2) is 29.2 Å². The van der Waals surface area contributed by atoms with Gasteiger partial charge in [0.05, 0.1) is 0 Å². The summed E-state index contributed by atoms with van der Waals surface area (Å²) in [5.74, 6) is -0.313. The molecule has 1 N–H and O–H groups in total. The lowest BCUT2D eigenvalue weighted by atomic mass is 10.1. The van der Waals surface area contributed by atoms with Gasteiger partial charge in [0.25, 0.3) is 5.91 Å². The molecule has 18 heavy (non-hydrogen) atoms. The number of aliphatic hydroxyl groups is 1. The number of nitrogens with zero attached hydrogens (tertiary/aromatic N) is 1. The topological polar surface area (TPSA) is 40.5 Å². The molecule has 0 atom stereocenters. The van der Waals surface area contributed by atoms with Gasteiger partial charge in [0.1, 0.15) is 5.60 Å². The van der Waals surface area contributed by atoms with Gasteiger partial charge in [0, 0.05) is 22.9 Å². The van der Waals surface area contributed by atoms with Gasteiger partial charge in [-0.3, -0.25) is 4.79 Å². The van der Waals surface area contributed by atoms with Crippen molar-refractivity contribution in [1.82, 2.24) is 0 Å². The second-order valence-corrected chi connectivity index (χ2v) is 6.73. The summed E-state index contributed by atoms with van der Waals surface area (Å²) < 4.78 is 0. The second kappa shape index (κ2) is 5.76. The fourth-order valence-electron chi connectivity index (χ4n) is 1.55. The van der Waals surface area contributed by atoms with E-state index in [1.165, 1.54) is 23.6 Å². The van der Waals surface area contributed by atoms with E-state index in [-0.39, 0.29) is 5.91 Å². The van der Waals surface area contributed by atoms with Crippen LogP contribution in [-0.4, -0.2) is 28.9 Å². The molecule has 0 aliphatic rings. The van der Waals surface area contributed by atoms with Crippen LogP contribution in [0.4, 0.5) is 5.69 Å². The summed E-state index contributed by atoms with van der Waals surface area (Å²) in [6.45, 7) is 7.27. The molecule has 0 saturated carbocycles. The first-order chi connectivity index (χ1) is 8.21. The minimum Gasteiger partial charge on any atom is -0.381 e. The predicted molar refractivity (Wildman–Crippen MR) is 77.1 cm³/mol. The van der Waals surface area contributed by atoms with Crippen molar-refractivity contribution in [1.29, 1.82) is 0 Å². The SMILES string of the molecule is CC(C)Sc1ccc(N(C)C(=O)C(C)(C)O)cc1. The lowest BCUT2D eigenvalue weighted by Crippen LogP contribution is -2.43. The van der Waals surface area contributed by atoms with Crippen LogP contribution in [0.5, 0.6) is 0 Å². The Morgan fingerprint density at radius 3 is 2.17 bits per heavy atom. The first-order valence-corrected chi connectivity index (χ1v) is 6.87. The van der Waals surface area contributed by atoms with Crippen molar-refractivity contribution in [3.05, 3.63) is 24.3 Å². The summed E-state index contributed by atoms with van der Waals surface area (Å²) in [5, 5.41) is 10.2. The van der Waals surface area contributed by atoms with E-state index < -0.39 is 5.60 Å². The van der Waals surface area contributed by atoms with Crippen LogP contribution in [0.1, 0.15) is 27.7 Å². The first-order valence-electron chi connectivity index (χ1n) is 5.99. The molecule has 0 aromatic heterocycles. The molecule has 0 radical (unpaired) electrons. The van der Waals surface area contributed by atoms with Crippen LogP contribution in [0, 0.1) is 0 Å². The van der Waals surface area contributed by atoms with Crippen molar-refractivity contribution < 1.29 is 9.90 Å². The van der Waals surface area contributed by atoms with E-state index in [9.17, 15) is 9.90 Å². The molecule has 0 saturated heterocycles. The molecular weight excluding hydrogens is 246 g/mol. The number of anilines is 1. The highest BCUT2D eigenvalue weighted by Gasteiger charge is 2.27. The maximum atomic E-state index is 11.9. The zero-order valence-electron chi connectivity index (χ0n) is 11.6. The molecule has 0 aliphatic heterocycles. The maximum Gasteiger partial charge on any atom is 0.258 e. The van der Waals surface area contributed by atoms with Crippen molar-refractivity contribution in [2.45, 2.75) is 43.4 Å². The summed E-state index contributed by atoms with van der Waals surface area (Å²) in [4.78, 5) is 14.6. The zero-order valence-corrected chi connectivity index (χ0v) is 12.4. The average Bonchev–Trinajstić information content (AvgIpc) is 2.26. The van der Waals surface area contributed by atoms with E-state index in [1.54, 1.807) is 18.8 Å². The van der Waals surface area contributed by atoms with Crippen LogP contribution in [0.25, 0.3) is 0 Å². The van der Waals surface area contributed by atoms with Crippen molar-refractivity contribution in [2.24, 2.45) is 0 Å². The Labute approximate surface area is 113 Å². The van der Waals surface area contributed by atoms with Gasteiger partial charge in [-0.2, -0.15) is 0 Å². The van der Waals surface area contributed by atoms with E-state index >= 15 is 0 Å². The molecule has 1 aromatic carbocycles. The Bertz CT molecular complexity index is 407. The minimum absolute atomic E-state index is 0.313. The van der Waals surface area contributed by atoms with Crippen LogP contribution in [0.3, 0.4) is 0 Å². The van der Waals surface area contributed by atoms with Crippen LogP contribution in [0.2, 0.25) is 0 Å². The molecule has 3 nitrogen and oxygen atoms in total. The van der Waals surface area contributed by atoms with Crippen molar-refractivity contribution in [3.8, 4) is 0 Å². The van der Waals surface area contributed by atoms with Crippen molar-refractivity contribution in [2.75, 3.05) is 11.9 Å². The van der Waals surface area contributed by atoms with Crippen LogP contribution in [-0.2, 0) is 4.79 Å². The number of thioether (sulfide) groups is 1. The van der Waals surface area contributed by atoms with E-state index in [4.69, 9.17) is 0 Å². The monoisotopic (exact) mass is 267 g/mol. The van der Waals surface area contributed by atoms with E-state index in [1.807, 2.05) is 24.3 Å². The van der Waals surface area contributed by atoms with E-state index in [2.05, 4.69) is 13.8 Å². The number of benzene rings is 1. The highest BCUT2D eigenvalue weighted by Crippen LogP contribution is 2.25. The molecule has 0 fully saturated rings. The number of rotatable bonds is 4. The largest absolute Gasteiger partial charge is 0.381 e. The fraction of sp³-hybridized carbons (Fsp3) is 0.500. The third kappa shape index (κ3) is 4.03. The fourth-order valence-corrected chi connectivity index (χ4v) is 2.39. The number of likely N-dealkylation sites (N-methyl/N-ethyl adjacent to an activating group) is 1. The average molecular weight is 267 g/mol. The summed E-state index contributed by atoms with van der Waals surface area (Å²) in [7, 11) is 1.67. The molecule has 0 unspecified atom stereocenters. The van der Waals surface area contributed by atoms with Gasteiger partial charge in [-0.25, -0.2) is 0 Å². The lowest BCUT2D eigenvalue weighted by molar-refractivity contribution is -0.133. The molecule has 1 aromatic rings. The maximum absolute atomic E-state index is 11.9. The summed E-state index contributed by atoms with van der Waals surface area (Å²) >= 11 is 1.78. The molecule has 100 valence electrons. The van der Waals surface area contributed by atoms with Gasteiger partial charge in [-0.05, 0) is 38.1 Å².